The van der Waals surface area contributed by atoms with Crippen LogP contribution in [0.5, 0.6) is 11.5 Å². The normalized spacial score (nSPS) is 10.3. The molecule has 0 amide bonds. The number of nitro benzene ring substituents is 1. The van der Waals surface area contributed by atoms with E-state index in [1.165, 1.54) is 18.3 Å². The number of benzene rings is 1. The first-order chi connectivity index (χ1) is 9.49. The third-order valence-corrected chi connectivity index (χ3v) is 2.53. The molecule has 1 aromatic rings. The first kappa shape index (κ1) is 15.6. The summed E-state index contributed by atoms with van der Waals surface area (Å²) in [6, 6.07) is 2.69. The van der Waals surface area contributed by atoms with Crippen LogP contribution in [0.4, 0.5) is 5.69 Å². The van der Waals surface area contributed by atoms with Crippen molar-refractivity contribution in [1.29, 1.82) is 0 Å². The Morgan fingerprint density at radius 1 is 1.65 bits per heavy atom. The predicted octanol–water partition coefficient (Wildman–Crippen LogP) is -0.792. The molecule has 0 radical (unpaired) electrons. The van der Waals surface area contributed by atoms with Gasteiger partial charge in [-0.25, -0.2) is 0 Å². The molecule has 0 aromatic heterocycles. The highest BCUT2D eigenvalue weighted by atomic mass is 32.1. The summed E-state index contributed by atoms with van der Waals surface area (Å²) in [6.07, 6.45) is 1.46. The van der Waals surface area contributed by atoms with Crippen LogP contribution in [0.1, 0.15) is 12.5 Å². The summed E-state index contributed by atoms with van der Waals surface area (Å²) in [4.78, 5) is 10.2. The van der Waals surface area contributed by atoms with Crippen molar-refractivity contribution in [3.05, 3.63) is 27.8 Å². The third kappa shape index (κ3) is 4.05. The maximum atomic E-state index is 10.9. The lowest BCUT2D eigenvalue weighted by atomic mass is 10.2. The van der Waals surface area contributed by atoms with Crippen molar-refractivity contribution in [3.8, 4) is 11.5 Å². The van der Waals surface area contributed by atoms with E-state index in [0.29, 0.717) is 10.7 Å². The molecule has 0 aliphatic carbocycles. The van der Waals surface area contributed by atoms with E-state index < -0.39 is 16.4 Å². The van der Waals surface area contributed by atoms with Gasteiger partial charge in [0.15, 0.2) is 12.0 Å². The highest BCUT2D eigenvalue weighted by Crippen LogP contribution is 2.36. The van der Waals surface area contributed by atoms with E-state index in [1.54, 1.807) is 14.0 Å². The molecule has 20 heavy (non-hydrogen) atoms. The fourth-order valence-corrected chi connectivity index (χ4v) is 1.41. The molecule has 8 nitrogen and oxygen atoms in total. The van der Waals surface area contributed by atoms with Crippen LogP contribution in [0.3, 0.4) is 0 Å². The molecule has 0 aliphatic heterocycles. The number of rotatable bonds is 5. The molecular weight excluding hydrogens is 284 g/mol. The lowest BCUT2D eigenvalue weighted by Crippen LogP contribution is -2.82. The molecule has 0 saturated heterocycles. The van der Waals surface area contributed by atoms with E-state index in [9.17, 15) is 15.2 Å². The van der Waals surface area contributed by atoms with Gasteiger partial charge in [0.1, 0.15) is 0 Å². The van der Waals surface area contributed by atoms with Crippen molar-refractivity contribution in [2.24, 2.45) is 0 Å². The SMILES string of the molecule is CCOc1cc(C=[NH+]NC(=S)NC)cc([N+](=O)[O-])c1O. The Morgan fingerprint density at radius 3 is 2.90 bits per heavy atom. The van der Waals surface area contributed by atoms with Gasteiger partial charge in [-0.05, 0) is 25.2 Å². The van der Waals surface area contributed by atoms with E-state index in [-0.39, 0.29) is 12.4 Å². The van der Waals surface area contributed by atoms with Crippen molar-refractivity contribution in [3.63, 3.8) is 0 Å². The summed E-state index contributed by atoms with van der Waals surface area (Å²) in [5.41, 5.74) is 2.66. The van der Waals surface area contributed by atoms with Gasteiger partial charge in [0.25, 0.3) is 0 Å². The van der Waals surface area contributed by atoms with Gasteiger partial charge in [0, 0.05) is 13.1 Å². The van der Waals surface area contributed by atoms with Gasteiger partial charge in [-0.15, -0.1) is 10.5 Å². The van der Waals surface area contributed by atoms with Crippen LogP contribution in [0.25, 0.3) is 0 Å². The van der Waals surface area contributed by atoms with Crippen LogP contribution in [0.2, 0.25) is 0 Å². The predicted molar refractivity (Wildman–Crippen MR) is 76.9 cm³/mol. The minimum atomic E-state index is -0.680. The number of nitrogens with one attached hydrogen (secondary N) is 3. The number of hydrogen-bond donors (Lipinski definition) is 4. The Bertz CT molecular complexity index is 547. The molecule has 0 unspecified atom stereocenters. The van der Waals surface area contributed by atoms with Crippen molar-refractivity contribution < 1.29 is 19.9 Å². The van der Waals surface area contributed by atoms with Crippen LogP contribution in [-0.4, -0.2) is 35.0 Å². The average molecular weight is 299 g/mol. The zero-order chi connectivity index (χ0) is 15.1. The molecule has 4 N–H and O–H groups in total. The molecule has 9 heteroatoms. The molecule has 1 rings (SSSR count). The van der Waals surface area contributed by atoms with Crippen LogP contribution in [0, 0.1) is 10.1 Å². The number of nitro groups is 1. The van der Waals surface area contributed by atoms with Crippen LogP contribution >= 0.6 is 12.2 Å². The maximum absolute atomic E-state index is 10.9. The van der Waals surface area contributed by atoms with E-state index >= 15 is 0 Å². The standard InChI is InChI=1S/C11H14N4O4S/c1-3-19-9-5-7(6-13-14-11(20)12-2)4-8(10(9)16)15(17)18/h4-6,16H,3H2,1-2H3,(H2,12,14,20)/p+1. The molecule has 0 aliphatic rings. The van der Waals surface area contributed by atoms with Gasteiger partial charge in [-0.2, -0.15) is 0 Å². The number of hydrazine groups is 1. The first-order valence-electron chi connectivity index (χ1n) is 5.70. The van der Waals surface area contributed by atoms with Gasteiger partial charge in [0.05, 0.1) is 17.1 Å². The summed E-state index contributed by atoms with van der Waals surface area (Å²) < 4.78 is 5.16. The monoisotopic (exact) mass is 299 g/mol. The minimum absolute atomic E-state index is 0.0472. The molecule has 0 bridgehead atoms. The van der Waals surface area contributed by atoms with Gasteiger partial charge in [0.2, 0.25) is 10.9 Å². The molecule has 0 spiro atoms. The zero-order valence-electron chi connectivity index (χ0n) is 11.0. The number of hydrogen-bond acceptors (Lipinski definition) is 5. The smallest absolute Gasteiger partial charge is 0.315 e. The van der Waals surface area contributed by atoms with Gasteiger partial charge < -0.3 is 15.2 Å². The number of nitrogens with zero attached hydrogens (tertiary/aromatic N) is 1. The maximum Gasteiger partial charge on any atom is 0.315 e. The molecule has 0 saturated carbocycles. The fourth-order valence-electron chi connectivity index (χ4n) is 1.35. The third-order valence-electron chi connectivity index (χ3n) is 2.23. The molecule has 0 fully saturated rings. The molecule has 0 heterocycles. The Morgan fingerprint density at radius 2 is 2.35 bits per heavy atom. The van der Waals surface area contributed by atoms with E-state index in [2.05, 4.69) is 15.8 Å². The first-order valence-corrected chi connectivity index (χ1v) is 6.11. The Hall–Kier alpha value is -2.42. The van der Waals surface area contributed by atoms with Gasteiger partial charge >= 0.3 is 5.69 Å². The lowest BCUT2D eigenvalue weighted by molar-refractivity contribution is -0.500. The highest BCUT2D eigenvalue weighted by Gasteiger charge is 2.20. The number of phenols is 1. The van der Waals surface area contributed by atoms with Crippen molar-refractivity contribution in [1.82, 2.24) is 10.7 Å². The van der Waals surface area contributed by atoms with Gasteiger partial charge in [-0.1, -0.05) is 0 Å². The Kier molecular flexibility index (Phi) is 5.66. The number of thiocarbonyl (C=S) groups is 1. The second-order valence-electron chi connectivity index (χ2n) is 3.57. The lowest BCUT2D eigenvalue weighted by Gasteiger charge is -2.06. The molecule has 1 aromatic carbocycles. The minimum Gasteiger partial charge on any atom is -0.500 e. The largest absolute Gasteiger partial charge is 0.500 e. The highest BCUT2D eigenvalue weighted by molar-refractivity contribution is 7.80. The number of ether oxygens (including phenoxy) is 1. The molecule has 0 atom stereocenters. The summed E-state index contributed by atoms with van der Waals surface area (Å²) >= 11 is 4.85. The topological polar surface area (TPSA) is 111 Å². The van der Waals surface area contributed by atoms with Crippen LogP contribution in [0.15, 0.2) is 12.1 Å². The van der Waals surface area contributed by atoms with Crippen LogP contribution in [-0.2, 0) is 0 Å². The second-order valence-corrected chi connectivity index (χ2v) is 3.98. The number of phenolic OH excluding ortho intramolecular Hbond substituents is 1. The summed E-state index contributed by atoms with van der Waals surface area (Å²) in [7, 11) is 1.65. The fraction of sp³-hybridized carbons (Fsp3) is 0.273. The van der Waals surface area contributed by atoms with Gasteiger partial charge in [-0.3, -0.25) is 10.1 Å². The van der Waals surface area contributed by atoms with E-state index in [4.69, 9.17) is 17.0 Å². The quantitative estimate of drug-likeness (QED) is 0.244. The molecule has 108 valence electrons. The molecular formula is C11H15N4O4S+. The Labute approximate surface area is 120 Å². The van der Waals surface area contributed by atoms with Crippen LogP contribution < -0.4 is 20.6 Å². The summed E-state index contributed by atoms with van der Waals surface area (Å²) in [6.45, 7) is 2.00. The summed E-state index contributed by atoms with van der Waals surface area (Å²) in [5, 5.41) is 26.3. The number of aromatic hydroxyl groups is 1. The second kappa shape index (κ2) is 7.24. The Balaban J connectivity index is 3.07. The van der Waals surface area contributed by atoms with Crippen molar-refractivity contribution >= 4 is 29.2 Å². The zero-order valence-corrected chi connectivity index (χ0v) is 11.8. The van der Waals surface area contributed by atoms with E-state index in [1.807, 2.05) is 0 Å². The number of hydrazone groups is 1. The summed E-state index contributed by atoms with van der Waals surface area (Å²) in [5.74, 6) is -0.446. The van der Waals surface area contributed by atoms with Crippen molar-refractivity contribution in [2.75, 3.05) is 13.7 Å². The van der Waals surface area contributed by atoms with E-state index in [0.717, 1.165) is 0 Å². The average Bonchev–Trinajstić information content (AvgIpc) is 2.41. The van der Waals surface area contributed by atoms with Crippen molar-refractivity contribution in [2.45, 2.75) is 6.92 Å².